The van der Waals surface area contributed by atoms with E-state index >= 15 is 0 Å². The quantitative estimate of drug-likeness (QED) is 0.0847. The summed E-state index contributed by atoms with van der Waals surface area (Å²) in [5.41, 5.74) is 19.9. The molecule has 0 radical (unpaired) electrons. The Labute approximate surface area is 658 Å². The van der Waals surface area contributed by atoms with Crippen molar-refractivity contribution in [2.45, 2.75) is 0 Å². The van der Waals surface area contributed by atoms with Gasteiger partial charge in [-0.25, -0.2) is 0 Å². The Bertz CT molecular complexity index is 6450. The number of para-hydroxylation sites is 13. The van der Waals surface area contributed by atoms with Crippen molar-refractivity contribution in [1.29, 1.82) is 0 Å². The Hall–Kier alpha value is -13.8. The van der Waals surface area contributed by atoms with E-state index in [-0.39, 0.29) is 0 Å². The number of benzene rings is 17. The van der Waals surface area contributed by atoms with Crippen LogP contribution in [-0.2, 0) is 0 Å². The van der Waals surface area contributed by atoms with E-state index < -0.39 is 0 Å². The Morgan fingerprint density at radius 3 is 0.523 bits per heavy atom. The minimum atomic E-state index is 1.08. The summed E-state index contributed by atoms with van der Waals surface area (Å²) in [4.78, 5) is 14.2. The molecular weight excluding hydrogens is 1410 g/mol. The van der Waals surface area contributed by atoms with E-state index in [4.69, 9.17) is 0 Å². The topological polar surface area (TPSA) is 19.4 Å². The summed E-state index contributed by atoms with van der Waals surface area (Å²) in [5, 5.41) is 7.50. The number of thiophene rings is 3. The van der Waals surface area contributed by atoms with Crippen LogP contribution in [0.4, 0.5) is 102 Å². The average Bonchev–Trinajstić information content (AvgIpc) is 1.60. The first kappa shape index (κ1) is 67.8. The minimum absolute atomic E-state index is 1.08. The van der Waals surface area contributed by atoms with Crippen LogP contribution in [0.3, 0.4) is 0 Å². The van der Waals surface area contributed by atoms with Crippen LogP contribution in [0.25, 0.3) is 60.5 Å². The van der Waals surface area contributed by atoms with Crippen LogP contribution in [0, 0.1) is 0 Å². The van der Waals surface area contributed by atoms with Gasteiger partial charge in [0.15, 0.2) is 0 Å². The number of nitrogens with zero attached hydrogens (tertiary/aromatic N) is 6. The Morgan fingerprint density at radius 2 is 0.279 bits per heavy atom. The summed E-state index contributed by atoms with van der Waals surface area (Å²) < 4.78 is 7.63. The van der Waals surface area contributed by atoms with Crippen LogP contribution < -0.4 is 29.4 Å². The highest BCUT2D eigenvalue weighted by Gasteiger charge is 2.27. The highest BCUT2D eigenvalue weighted by atomic mass is 32.1. The van der Waals surface area contributed by atoms with Crippen LogP contribution in [0.5, 0.6) is 0 Å². The zero-order valence-corrected chi connectivity index (χ0v) is 62.9. The molecule has 0 aliphatic rings. The molecule has 528 valence electrons. The van der Waals surface area contributed by atoms with Gasteiger partial charge in [-0.05, 0) is 231 Å². The normalized spacial score (nSPS) is 11.2. The fourth-order valence-corrected chi connectivity index (χ4v) is 18.6. The fraction of sp³-hybridized carbons (Fsp3) is 0. The molecular formula is C102H72N6S3. The molecule has 0 unspecified atom stereocenters. The van der Waals surface area contributed by atoms with Gasteiger partial charge >= 0.3 is 0 Å². The predicted octanol–water partition coefficient (Wildman–Crippen LogP) is 31.3. The first-order chi connectivity index (χ1) is 55.1. The largest absolute Gasteiger partial charge is 0.310 e. The lowest BCUT2D eigenvalue weighted by Crippen LogP contribution is -2.16. The van der Waals surface area contributed by atoms with Crippen LogP contribution in [0.1, 0.15) is 0 Å². The first-order valence-electron chi connectivity index (χ1n) is 37.4. The van der Waals surface area contributed by atoms with Crippen LogP contribution in [-0.4, -0.2) is 0 Å². The van der Waals surface area contributed by atoms with Crippen molar-refractivity contribution in [3.63, 3.8) is 0 Å². The summed E-state index contributed by atoms with van der Waals surface area (Å²) in [7, 11) is 0. The maximum absolute atomic E-state index is 2.45. The van der Waals surface area contributed by atoms with E-state index in [9.17, 15) is 0 Å². The monoisotopic (exact) mass is 1480 g/mol. The third-order valence-electron chi connectivity index (χ3n) is 20.4. The number of fused-ring (bicyclic) bond motifs is 9. The maximum Gasteiger partial charge on any atom is 0.0702 e. The molecule has 0 amide bonds. The fourth-order valence-electron chi connectivity index (χ4n) is 15.4. The molecule has 0 saturated carbocycles. The predicted molar refractivity (Wildman–Crippen MR) is 480 cm³/mol. The molecule has 3 heterocycles. The Kier molecular flexibility index (Phi) is 18.6. The van der Waals surface area contributed by atoms with Crippen LogP contribution in [0.15, 0.2) is 437 Å². The molecule has 0 bridgehead atoms. The second-order valence-electron chi connectivity index (χ2n) is 27.2. The highest BCUT2D eigenvalue weighted by Crippen LogP contribution is 2.52. The van der Waals surface area contributed by atoms with Gasteiger partial charge in [0, 0.05) is 140 Å². The molecule has 3 aromatic heterocycles. The van der Waals surface area contributed by atoms with Crippen molar-refractivity contribution in [1.82, 2.24) is 0 Å². The van der Waals surface area contributed by atoms with Gasteiger partial charge in [0.05, 0.1) is 22.7 Å². The third-order valence-corrected chi connectivity index (χ3v) is 23.8. The summed E-state index contributed by atoms with van der Waals surface area (Å²) >= 11 is 5.54. The van der Waals surface area contributed by atoms with Gasteiger partial charge in [0.2, 0.25) is 0 Å². The zero-order valence-electron chi connectivity index (χ0n) is 60.5. The van der Waals surface area contributed by atoms with Gasteiger partial charge in [-0.2, -0.15) is 0 Å². The molecule has 0 fully saturated rings. The standard InChI is InChI=1S/C54H37N3S2.C48H35N3S/c1-5-17-38(18-6-1)55(39-19-7-2-8-20-39)42-29-32-53-47(35-42)48-37-44(31-34-54(48)59-53)57(43-30-33-52-46(36-43)45-25-13-16-28-51(45)58-52)50-27-15-14-26-49(50)56(40-21-9-3-10-22-40)41-23-11-4-12-24-41;1-6-18-36(19-7-1)49(37-20-8-2-9-21-37)41-30-32-47-43(34-41)44-35-42(31-33-48(44)52-47)51(40-26-14-5-15-27-40)46-29-17-16-28-45(46)50(38-22-10-3-11-23-38)39-24-12-4-13-25-39/h1-37H;1-35H. The van der Waals surface area contributed by atoms with Gasteiger partial charge in [-0.15, -0.1) is 34.0 Å². The van der Waals surface area contributed by atoms with Crippen LogP contribution in [0.2, 0.25) is 0 Å². The second-order valence-corrected chi connectivity index (χ2v) is 30.5. The molecule has 0 aliphatic heterocycles. The summed E-state index contributed by atoms with van der Waals surface area (Å²) in [5.74, 6) is 0. The van der Waals surface area contributed by atoms with E-state index in [1.54, 1.807) is 0 Å². The van der Waals surface area contributed by atoms with E-state index in [2.05, 4.69) is 466 Å². The maximum atomic E-state index is 2.45. The highest BCUT2D eigenvalue weighted by molar-refractivity contribution is 7.26. The Balaban J connectivity index is 0.000000151. The van der Waals surface area contributed by atoms with Crippen molar-refractivity contribution in [3.8, 4) is 0 Å². The summed E-state index contributed by atoms with van der Waals surface area (Å²) in [6.07, 6.45) is 0. The summed E-state index contributed by atoms with van der Waals surface area (Å²) in [6.45, 7) is 0. The molecule has 111 heavy (non-hydrogen) atoms. The molecule has 0 aliphatic carbocycles. The van der Waals surface area contributed by atoms with E-state index in [1.165, 1.54) is 60.5 Å². The number of anilines is 18. The summed E-state index contributed by atoms with van der Waals surface area (Å²) in [6, 6.07) is 157. The molecule has 0 N–H and O–H groups in total. The lowest BCUT2D eigenvalue weighted by molar-refractivity contribution is 1.23. The van der Waals surface area contributed by atoms with Gasteiger partial charge in [-0.3, -0.25) is 0 Å². The van der Waals surface area contributed by atoms with Crippen molar-refractivity contribution < 1.29 is 0 Å². The third kappa shape index (κ3) is 13.4. The number of hydrogen-bond donors (Lipinski definition) is 0. The van der Waals surface area contributed by atoms with Gasteiger partial charge in [-0.1, -0.05) is 206 Å². The van der Waals surface area contributed by atoms with Crippen molar-refractivity contribution >= 4 is 197 Å². The first-order valence-corrected chi connectivity index (χ1v) is 39.8. The molecule has 6 nitrogen and oxygen atoms in total. The van der Waals surface area contributed by atoms with Crippen molar-refractivity contribution in [2.75, 3.05) is 29.4 Å². The molecule has 20 aromatic rings. The number of hydrogen-bond acceptors (Lipinski definition) is 9. The van der Waals surface area contributed by atoms with Gasteiger partial charge < -0.3 is 29.4 Å². The average molecular weight is 1480 g/mol. The molecule has 17 aromatic carbocycles. The smallest absolute Gasteiger partial charge is 0.0702 e. The SMILES string of the molecule is c1ccc(N(c2ccccc2)c2ccc3sc4ccc(N(c5ccc6sc7ccccc7c6c5)c5ccccc5N(c5ccccc5)c5ccccc5)cc4c3c2)cc1.c1ccc(N(c2ccccc2)c2ccc3sc4ccc(N(c5ccccc5)c5ccccc5N(c5ccccc5)c5ccccc5)cc4c3c2)cc1. The number of rotatable bonds is 18. The van der Waals surface area contributed by atoms with Gasteiger partial charge in [0.25, 0.3) is 0 Å². The zero-order chi connectivity index (χ0) is 73.8. The lowest BCUT2D eigenvalue weighted by atomic mass is 10.1. The van der Waals surface area contributed by atoms with Gasteiger partial charge in [0.1, 0.15) is 0 Å². The molecule has 9 heteroatoms. The Morgan fingerprint density at radius 1 is 0.117 bits per heavy atom. The van der Waals surface area contributed by atoms with E-state index in [1.807, 2.05) is 34.0 Å². The molecule has 20 rings (SSSR count). The van der Waals surface area contributed by atoms with E-state index in [0.717, 1.165) is 102 Å². The second kappa shape index (κ2) is 30.5. The van der Waals surface area contributed by atoms with Crippen molar-refractivity contribution in [3.05, 3.63) is 437 Å². The minimum Gasteiger partial charge on any atom is -0.310 e. The molecule has 0 spiro atoms. The van der Waals surface area contributed by atoms with E-state index in [0.29, 0.717) is 0 Å². The van der Waals surface area contributed by atoms with Crippen molar-refractivity contribution in [2.24, 2.45) is 0 Å². The lowest BCUT2D eigenvalue weighted by Gasteiger charge is -2.33. The molecule has 0 atom stereocenters. The molecule has 0 saturated heterocycles. The van der Waals surface area contributed by atoms with Crippen LogP contribution >= 0.6 is 34.0 Å².